The van der Waals surface area contributed by atoms with Gasteiger partial charge in [-0.2, -0.15) is 0 Å². The molecule has 0 N–H and O–H groups in total. The lowest BCUT2D eigenvalue weighted by molar-refractivity contribution is -0.117. The van der Waals surface area contributed by atoms with Crippen molar-refractivity contribution in [3.63, 3.8) is 0 Å². The van der Waals surface area contributed by atoms with Gasteiger partial charge in [-0.1, -0.05) is 56.3 Å². The second kappa shape index (κ2) is 9.79. The first-order chi connectivity index (χ1) is 15.1. The molecule has 0 spiro atoms. The normalized spacial score (nSPS) is 13.0. The van der Waals surface area contributed by atoms with Crippen LogP contribution in [0.5, 0.6) is 11.5 Å². The Labute approximate surface area is 187 Å². The van der Waals surface area contributed by atoms with Crippen molar-refractivity contribution in [2.45, 2.75) is 26.2 Å². The first-order valence-corrected chi connectivity index (χ1v) is 11.3. The molecule has 2 heterocycles. The third kappa shape index (κ3) is 5.33. The lowest BCUT2D eigenvalue weighted by atomic mass is 10.2. The van der Waals surface area contributed by atoms with Gasteiger partial charge in [-0.15, -0.1) is 11.3 Å². The average molecular weight is 435 g/mol. The summed E-state index contributed by atoms with van der Waals surface area (Å²) in [6, 6.07) is 15.7. The van der Waals surface area contributed by atoms with E-state index in [4.69, 9.17) is 9.47 Å². The molecule has 1 aromatic heterocycles. The maximum atomic E-state index is 13.3. The van der Waals surface area contributed by atoms with Crippen LogP contribution < -0.4 is 14.4 Å². The predicted octanol–water partition coefficient (Wildman–Crippen LogP) is 5.33. The fraction of sp³-hybridized carbons (Fsp3) is 0.280. The smallest absolute Gasteiger partial charge is 0.233 e. The number of hydrogen-bond donors (Lipinski definition) is 0. The fourth-order valence-corrected chi connectivity index (χ4v) is 4.16. The van der Waals surface area contributed by atoms with Crippen LogP contribution >= 0.6 is 11.3 Å². The van der Waals surface area contributed by atoms with E-state index in [1.807, 2.05) is 66.1 Å². The van der Waals surface area contributed by atoms with Crippen LogP contribution in [-0.4, -0.2) is 30.6 Å². The summed E-state index contributed by atoms with van der Waals surface area (Å²) in [7, 11) is 0. The van der Waals surface area contributed by atoms with Crippen LogP contribution in [0.4, 0.5) is 5.69 Å². The van der Waals surface area contributed by atoms with E-state index in [-0.39, 0.29) is 12.3 Å². The Morgan fingerprint density at radius 1 is 1.13 bits per heavy atom. The molecule has 4 rings (SSSR count). The summed E-state index contributed by atoms with van der Waals surface area (Å²) in [6.45, 7) is 5.72. The summed E-state index contributed by atoms with van der Waals surface area (Å²) in [5.41, 5.74) is 2.69. The van der Waals surface area contributed by atoms with Crippen LogP contribution in [0, 0.1) is 0 Å². The molecule has 0 saturated heterocycles. The van der Waals surface area contributed by atoms with Crippen LogP contribution in [0.25, 0.3) is 6.08 Å². The van der Waals surface area contributed by atoms with Crippen LogP contribution in [0.3, 0.4) is 0 Å². The molecule has 0 unspecified atom stereocenters. The topological polar surface area (TPSA) is 51.7 Å². The van der Waals surface area contributed by atoms with Gasteiger partial charge in [-0.25, -0.2) is 4.98 Å². The fourth-order valence-electron chi connectivity index (χ4n) is 3.33. The molecule has 6 heteroatoms. The first-order valence-electron chi connectivity index (χ1n) is 10.5. The minimum absolute atomic E-state index is 0.00463. The van der Waals surface area contributed by atoms with Gasteiger partial charge >= 0.3 is 0 Å². The SMILES string of the molecule is CC(C)c1nc(CC(=O)N(C/C=C/c2ccccc2)c2ccc3c(c2)OCCO3)cs1. The molecule has 0 bridgehead atoms. The standard InChI is InChI=1S/C25H26N2O3S/c1-18(2)25-26-20(17-31-25)15-24(28)27(12-6-9-19-7-4-3-5-8-19)21-10-11-22-23(16-21)30-14-13-29-22/h3-11,16-18H,12-15H2,1-2H3/b9-6+. The largest absolute Gasteiger partial charge is 0.486 e. The van der Waals surface area contributed by atoms with Crippen molar-refractivity contribution in [3.05, 3.63) is 76.3 Å². The van der Waals surface area contributed by atoms with E-state index in [1.165, 1.54) is 0 Å². The number of anilines is 1. The molecule has 1 aliphatic rings. The van der Waals surface area contributed by atoms with Gasteiger partial charge in [0.25, 0.3) is 0 Å². The average Bonchev–Trinajstić information content (AvgIpc) is 3.26. The Morgan fingerprint density at radius 2 is 1.90 bits per heavy atom. The number of fused-ring (bicyclic) bond motifs is 1. The van der Waals surface area contributed by atoms with Gasteiger partial charge in [0.05, 0.1) is 17.1 Å². The zero-order chi connectivity index (χ0) is 21.6. The Morgan fingerprint density at radius 3 is 2.65 bits per heavy atom. The molecule has 0 aliphatic carbocycles. The number of carbonyl (C=O) groups excluding carboxylic acids is 1. The summed E-state index contributed by atoms with van der Waals surface area (Å²) in [5, 5.41) is 3.03. The maximum Gasteiger partial charge on any atom is 0.233 e. The molecule has 160 valence electrons. The molecule has 1 amide bonds. The summed E-state index contributed by atoms with van der Waals surface area (Å²) < 4.78 is 11.4. The highest BCUT2D eigenvalue weighted by molar-refractivity contribution is 7.09. The van der Waals surface area contributed by atoms with Crippen molar-refractivity contribution >= 4 is 29.0 Å². The molecule has 0 fully saturated rings. The van der Waals surface area contributed by atoms with Crippen LogP contribution in [0.1, 0.15) is 36.0 Å². The van der Waals surface area contributed by atoms with Crippen molar-refractivity contribution in [3.8, 4) is 11.5 Å². The van der Waals surface area contributed by atoms with Gasteiger partial charge in [0, 0.05) is 29.6 Å². The number of amides is 1. The Hall–Kier alpha value is -3.12. The van der Waals surface area contributed by atoms with Crippen molar-refractivity contribution in [2.24, 2.45) is 0 Å². The van der Waals surface area contributed by atoms with Gasteiger partial charge in [0.2, 0.25) is 5.91 Å². The zero-order valence-corrected chi connectivity index (χ0v) is 18.6. The number of thiazole rings is 1. The van der Waals surface area contributed by atoms with E-state index < -0.39 is 0 Å². The monoisotopic (exact) mass is 434 g/mol. The van der Waals surface area contributed by atoms with Crippen LogP contribution in [-0.2, 0) is 11.2 Å². The maximum absolute atomic E-state index is 13.3. The Kier molecular flexibility index (Phi) is 6.67. The molecular formula is C25H26N2O3S. The number of benzene rings is 2. The van der Waals surface area contributed by atoms with E-state index >= 15 is 0 Å². The summed E-state index contributed by atoms with van der Waals surface area (Å²) >= 11 is 1.61. The van der Waals surface area contributed by atoms with Crippen molar-refractivity contribution in [1.29, 1.82) is 0 Å². The van der Waals surface area contributed by atoms with Crippen molar-refractivity contribution in [1.82, 2.24) is 4.98 Å². The molecule has 0 radical (unpaired) electrons. The lowest BCUT2D eigenvalue weighted by Gasteiger charge is -2.24. The second-order valence-corrected chi connectivity index (χ2v) is 8.54. The number of nitrogens with zero attached hydrogens (tertiary/aromatic N) is 2. The van der Waals surface area contributed by atoms with E-state index in [0.717, 1.165) is 22.0 Å². The summed E-state index contributed by atoms with van der Waals surface area (Å²) in [6.07, 6.45) is 4.29. The zero-order valence-electron chi connectivity index (χ0n) is 17.8. The molecule has 5 nitrogen and oxygen atoms in total. The van der Waals surface area contributed by atoms with Crippen molar-refractivity contribution in [2.75, 3.05) is 24.7 Å². The highest BCUT2D eigenvalue weighted by Crippen LogP contribution is 2.34. The summed E-state index contributed by atoms with van der Waals surface area (Å²) in [5.74, 6) is 1.74. The minimum Gasteiger partial charge on any atom is -0.486 e. The van der Waals surface area contributed by atoms with Crippen molar-refractivity contribution < 1.29 is 14.3 Å². The Bertz CT molecular complexity index is 1060. The molecular weight excluding hydrogens is 408 g/mol. The second-order valence-electron chi connectivity index (χ2n) is 7.65. The van der Waals surface area contributed by atoms with E-state index in [9.17, 15) is 4.79 Å². The molecule has 0 saturated carbocycles. The van der Waals surface area contributed by atoms with Gasteiger partial charge in [0.15, 0.2) is 11.5 Å². The molecule has 2 aromatic carbocycles. The number of rotatable bonds is 7. The van der Waals surface area contributed by atoms with Crippen LogP contribution in [0.2, 0.25) is 0 Å². The summed E-state index contributed by atoms with van der Waals surface area (Å²) in [4.78, 5) is 19.7. The quantitative estimate of drug-likeness (QED) is 0.505. The Balaban J connectivity index is 1.56. The van der Waals surface area contributed by atoms with E-state index in [2.05, 4.69) is 18.8 Å². The van der Waals surface area contributed by atoms with E-state index in [1.54, 1.807) is 16.2 Å². The number of ether oxygens (including phenoxy) is 2. The highest BCUT2D eigenvalue weighted by atomic mass is 32.1. The van der Waals surface area contributed by atoms with Gasteiger partial charge in [-0.3, -0.25) is 4.79 Å². The number of aromatic nitrogens is 1. The highest BCUT2D eigenvalue weighted by Gasteiger charge is 2.20. The van der Waals surface area contributed by atoms with Crippen LogP contribution in [0.15, 0.2) is 60.0 Å². The first kappa shape index (κ1) is 21.1. The van der Waals surface area contributed by atoms with Gasteiger partial charge < -0.3 is 14.4 Å². The predicted molar refractivity (Wildman–Crippen MR) is 125 cm³/mol. The number of hydrogen-bond acceptors (Lipinski definition) is 5. The third-order valence-electron chi connectivity index (χ3n) is 4.93. The van der Waals surface area contributed by atoms with Gasteiger partial charge in [0.1, 0.15) is 13.2 Å². The third-order valence-corrected chi connectivity index (χ3v) is 6.13. The van der Waals surface area contributed by atoms with Gasteiger partial charge in [-0.05, 0) is 17.7 Å². The lowest BCUT2D eigenvalue weighted by Crippen LogP contribution is -2.32. The molecule has 31 heavy (non-hydrogen) atoms. The number of carbonyl (C=O) groups is 1. The van der Waals surface area contributed by atoms with E-state index in [0.29, 0.717) is 37.2 Å². The molecule has 1 aliphatic heterocycles. The molecule has 0 atom stereocenters. The minimum atomic E-state index is -0.00463. The molecule has 3 aromatic rings.